The fraction of sp³-hybridized carbons (Fsp3) is 0.536. The molecule has 0 saturated heterocycles. The van der Waals surface area contributed by atoms with Gasteiger partial charge in [-0.2, -0.15) is 13.2 Å². The summed E-state index contributed by atoms with van der Waals surface area (Å²) >= 11 is 0. The summed E-state index contributed by atoms with van der Waals surface area (Å²) in [5, 5.41) is 23.4. The van der Waals surface area contributed by atoms with Crippen LogP contribution < -0.4 is 32.2 Å². The van der Waals surface area contributed by atoms with Crippen molar-refractivity contribution in [2.45, 2.75) is 77.9 Å². The van der Waals surface area contributed by atoms with Gasteiger partial charge >= 0.3 is 17.7 Å². The van der Waals surface area contributed by atoms with Crippen LogP contribution in [0.2, 0.25) is 0 Å². The molecular formula is C28H38F3N5O7. The van der Waals surface area contributed by atoms with Crippen LogP contribution in [0.5, 0.6) is 0 Å². The first-order chi connectivity index (χ1) is 20.1. The van der Waals surface area contributed by atoms with Gasteiger partial charge in [0, 0.05) is 36.7 Å². The number of hydrogen-bond donors (Lipinski definition) is 6. The van der Waals surface area contributed by atoms with Gasteiger partial charge in [-0.25, -0.2) is 4.79 Å². The highest BCUT2D eigenvalue weighted by molar-refractivity contribution is 5.96. The summed E-state index contributed by atoms with van der Waals surface area (Å²) < 4.78 is 42.4. The number of aliphatic hydroxyl groups is 1. The Hall–Kier alpha value is -3.98. The molecule has 0 fully saturated rings. The van der Waals surface area contributed by atoms with Gasteiger partial charge < -0.3 is 30.8 Å². The Kier molecular flexibility index (Phi) is 13.1. The predicted molar refractivity (Wildman–Crippen MR) is 152 cm³/mol. The Bertz CT molecular complexity index is 1350. The summed E-state index contributed by atoms with van der Waals surface area (Å²) in [5.41, 5.74) is 0.640. The van der Waals surface area contributed by atoms with Gasteiger partial charge in [-0.15, -0.1) is 0 Å². The summed E-state index contributed by atoms with van der Waals surface area (Å²) in [6, 6.07) is 4.13. The fourth-order valence-electron chi connectivity index (χ4n) is 4.26. The summed E-state index contributed by atoms with van der Waals surface area (Å²) in [4.78, 5) is 60.1. The molecule has 2 aromatic rings. The average Bonchev–Trinajstić information content (AvgIpc) is 2.88. The Morgan fingerprint density at radius 1 is 1.00 bits per heavy atom. The molecule has 0 aliphatic carbocycles. The maximum Gasteiger partial charge on any atom is 0.471 e. The molecule has 12 nitrogen and oxygen atoms in total. The maximum absolute atomic E-state index is 13.2. The lowest BCUT2D eigenvalue weighted by Crippen LogP contribution is -2.53. The van der Waals surface area contributed by atoms with E-state index in [2.05, 4.69) is 21.3 Å². The lowest BCUT2D eigenvalue weighted by atomic mass is 10.0. The van der Waals surface area contributed by atoms with Gasteiger partial charge in [0.1, 0.15) is 17.9 Å². The van der Waals surface area contributed by atoms with Gasteiger partial charge in [-0.05, 0) is 56.2 Å². The molecule has 1 aromatic heterocycles. The largest absolute Gasteiger partial charge is 0.471 e. The normalized spacial score (nSPS) is 13.7. The van der Waals surface area contributed by atoms with Crippen molar-refractivity contribution in [3.8, 4) is 0 Å². The van der Waals surface area contributed by atoms with E-state index in [0.29, 0.717) is 17.4 Å². The van der Waals surface area contributed by atoms with E-state index >= 15 is 0 Å². The summed E-state index contributed by atoms with van der Waals surface area (Å²) in [6.45, 7) is 6.16. The minimum Gasteiger partial charge on any atom is -0.423 e. The standard InChI is InChI=1S/C28H38F3N5O7/c1-15(2)11-21(34-17(4)37)25(40)33-14-23(38)36-20(7-5-6-10-32-27(42)28(29,30)31)26(41)35-18-8-9-19-16(3)12-24(39)43-22(19)13-18/h8-9,12-13,15,20-21,23,36,38H,5-7,10-11,14H2,1-4H3,(H,32,42)(H,33,40)(H,34,37)(H,35,41). The molecule has 3 unspecified atom stereocenters. The third kappa shape index (κ3) is 12.0. The van der Waals surface area contributed by atoms with Gasteiger partial charge in [0.05, 0.1) is 12.6 Å². The first-order valence-corrected chi connectivity index (χ1v) is 13.8. The Labute approximate surface area is 246 Å². The van der Waals surface area contributed by atoms with Crippen LogP contribution in [0.25, 0.3) is 11.0 Å². The van der Waals surface area contributed by atoms with Crippen LogP contribution in [0.1, 0.15) is 52.0 Å². The van der Waals surface area contributed by atoms with E-state index in [1.54, 1.807) is 24.4 Å². The van der Waals surface area contributed by atoms with Crippen LogP contribution in [0, 0.1) is 12.8 Å². The number of alkyl halides is 3. The molecule has 4 amide bonds. The van der Waals surface area contributed by atoms with Crippen LogP contribution in [-0.2, 0) is 19.2 Å². The van der Waals surface area contributed by atoms with E-state index in [4.69, 9.17) is 4.42 Å². The van der Waals surface area contributed by atoms with Gasteiger partial charge in [0.25, 0.3) is 0 Å². The number of aryl methyl sites for hydroxylation is 1. The second-order valence-corrected chi connectivity index (χ2v) is 10.6. The van der Waals surface area contributed by atoms with Gasteiger partial charge in [-0.1, -0.05) is 13.8 Å². The SMILES string of the molecule is CC(=O)NC(CC(C)C)C(=O)NCC(O)NC(CCCCNC(=O)C(F)(F)F)C(=O)Nc1ccc2c(C)cc(=O)oc2c1. The number of halogens is 3. The topological polar surface area (TPSA) is 179 Å². The average molecular weight is 614 g/mol. The van der Waals surface area contributed by atoms with Gasteiger partial charge in [0.2, 0.25) is 17.7 Å². The number of rotatable bonds is 15. The molecule has 0 radical (unpaired) electrons. The first-order valence-electron chi connectivity index (χ1n) is 13.8. The number of aliphatic hydroxyl groups excluding tert-OH is 1. The zero-order chi connectivity index (χ0) is 32.3. The Morgan fingerprint density at radius 3 is 2.33 bits per heavy atom. The molecule has 15 heteroatoms. The number of unbranched alkanes of at least 4 members (excludes halogenated alkanes) is 1. The van der Waals surface area contributed by atoms with Crippen molar-refractivity contribution >= 4 is 40.3 Å². The van der Waals surface area contributed by atoms with Crippen molar-refractivity contribution in [1.29, 1.82) is 0 Å². The zero-order valence-corrected chi connectivity index (χ0v) is 24.4. The van der Waals surface area contributed by atoms with Crippen LogP contribution in [0.15, 0.2) is 33.5 Å². The highest BCUT2D eigenvalue weighted by Crippen LogP contribution is 2.21. The molecule has 6 N–H and O–H groups in total. The molecule has 0 aliphatic rings. The van der Waals surface area contributed by atoms with Crippen molar-refractivity contribution in [3.63, 3.8) is 0 Å². The lowest BCUT2D eigenvalue weighted by molar-refractivity contribution is -0.173. The highest BCUT2D eigenvalue weighted by atomic mass is 19.4. The molecular weight excluding hydrogens is 575 g/mol. The third-order valence-corrected chi connectivity index (χ3v) is 6.26. The fourth-order valence-corrected chi connectivity index (χ4v) is 4.26. The number of benzene rings is 1. The molecule has 3 atom stereocenters. The predicted octanol–water partition coefficient (Wildman–Crippen LogP) is 1.83. The molecule has 0 saturated carbocycles. The minimum absolute atomic E-state index is 0.0440. The number of anilines is 1. The third-order valence-electron chi connectivity index (χ3n) is 6.26. The molecule has 1 aromatic carbocycles. The van der Waals surface area contributed by atoms with Crippen molar-refractivity contribution < 1.29 is 41.9 Å². The second-order valence-electron chi connectivity index (χ2n) is 10.6. The number of hydrogen-bond acceptors (Lipinski definition) is 8. The number of fused-ring (bicyclic) bond motifs is 1. The van der Waals surface area contributed by atoms with E-state index in [9.17, 15) is 42.3 Å². The Morgan fingerprint density at radius 2 is 1.70 bits per heavy atom. The maximum atomic E-state index is 13.2. The van der Waals surface area contributed by atoms with Crippen LogP contribution in [0.4, 0.5) is 18.9 Å². The second kappa shape index (κ2) is 16.0. The van der Waals surface area contributed by atoms with E-state index in [1.807, 2.05) is 13.8 Å². The summed E-state index contributed by atoms with van der Waals surface area (Å²) in [7, 11) is 0. The molecule has 0 bridgehead atoms. The molecule has 0 aliphatic heterocycles. The van der Waals surface area contributed by atoms with E-state index < -0.39 is 53.7 Å². The molecule has 43 heavy (non-hydrogen) atoms. The monoisotopic (exact) mass is 613 g/mol. The smallest absolute Gasteiger partial charge is 0.423 e. The molecule has 238 valence electrons. The van der Waals surface area contributed by atoms with E-state index in [0.717, 1.165) is 0 Å². The highest BCUT2D eigenvalue weighted by Gasteiger charge is 2.38. The minimum atomic E-state index is -5.01. The summed E-state index contributed by atoms with van der Waals surface area (Å²) in [6.07, 6.45) is -5.73. The van der Waals surface area contributed by atoms with Crippen LogP contribution >= 0.6 is 0 Å². The zero-order valence-electron chi connectivity index (χ0n) is 24.4. The number of carbonyl (C=O) groups excluding carboxylic acids is 4. The number of carbonyl (C=O) groups is 4. The van der Waals surface area contributed by atoms with Gasteiger partial charge in [-0.3, -0.25) is 24.5 Å². The number of nitrogens with one attached hydrogen (secondary N) is 5. The van der Waals surface area contributed by atoms with E-state index in [1.165, 1.54) is 19.1 Å². The lowest BCUT2D eigenvalue weighted by Gasteiger charge is -2.24. The molecule has 2 rings (SSSR count). The first kappa shape index (κ1) is 35.2. The summed E-state index contributed by atoms with van der Waals surface area (Å²) in [5.74, 6) is -3.52. The number of amides is 4. The Balaban J connectivity index is 2.08. The van der Waals surface area contributed by atoms with E-state index in [-0.39, 0.29) is 49.5 Å². The van der Waals surface area contributed by atoms with Crippen molar-refractivity contribution in [2.24, 2.45) is 5.92 Å². The van der Waals surface area contributed by atoms with Crippen LogP contribution in [0.3, 0.4) is 0 Å². The van der Waals surface area contributed by atoms with Crippen LogP contribution in [-0.4, -0.2) is 66.3 Å². The van der Waals surface area contributed by atoms with Crippen molar-refractivity contribution in [1.82, 2.24) is 21.3 Å². The van der Waals surface area contributed by atoms with Crippen molar-refractivity contribution in [2.75, 3.05) is 18.4 Å². The molecule has 1 heterocycles. The quantitative estimate of drug-likeness (QED) is 0.100. The molecule has 0 spiro atoms. The van der Waals surface area contributed by atoms with Crippen molar-refractivity contribution in [3.05, 3.63) is 40.2 Å². The van der Waals surface area contributed by atoms with Gasteiger partial charge in [0.15, 0.2) is 0 Å².